The molecule has 0 fully saturated rings. The van der Waals surface area contributed by atoms with Gasteiger partial charge in [-0.3, -0.25) is 0 Å². The molecule has 3 heteroatoms. The van der Waals surface area contributed by atoms with Crippen molar-refractivity contribution in [1.82, 2.24) is 0 Å². The van der Waals surface area contributed by atoms with Crippen molar-refractivity contribution in [3.05, 3.63) is 42.5 Å². The highest BCUT2D eigenvalue weighted by atomic mass is 14.7. The van der Waals surface area contributed by atoms with E-state index >= 15 is 0 Å². The number of H-pyrrole nitrogens is 1. The third kappa shape index (κ3) is 1.34. The molecule has 1 heterocycles. The van der Waals surface area contributed by atoms with E-state index in [9.17, 15) is 0 Å². The summed E-state index contributed by atoms with van der Waals surface area (Å²) < 4.78 is 0. The van der Waals surface area contributed by atoms with E-state index in [1.165, 1.54) is 0 Å². The first-order chi connectivity index (χ1) is 7.72. The van der Waals surface area contributed by atoms with E-state index < -0.39 is 0 Å². The van der Waals surface area contributed by atoms with E-state index in [1.54, 1.807) is 0 Å². The van der Waals surface area contributed by atoms with Crippen LogP contribution in [0.5, 0.6) is 0 Å². The maximum Gasteiger partial charge on any atom is 0.213 e. The lowest BCUT2D eigenvalue weighted by atomic mass is 10.1. The molecule has 3 nitrogen and oxygen atoms in total. The molecule has 3 aromatic rings. The summed E-state index contributed by atoms with van der Waals surface area (Å²) in [5.41, 5.74) is 15.1. The number of nitrogens with two attached hydrogens (primary N) is 2. The lowest BCUT2D eigenvalue weighted by Gasteiger charge is -1.98. The van der Waals surface area contributed by atoms with Crippen LogP contribution >= 0.6 is 0 Å². The number of nitrogens with one attached hydrogen (secondary N) is 1. The number of benzene rings is 2. The molecule has 3 rings (SSSR count). The highest BCUT2D eigenvalue weighted by Gasteiger charge is 2.06. The van der Waals surface area contributed by atoms with Gasteiger partial charge in [0.05, 0.1) is 0 Å². The van der Waals surface area contributed by atoms with Gasteiger partial charge in [-0.2, -0.15) is 0 Å². The zero-order valence-electron chi connectivity index (χ0n) is 8.70. The van der Waals surface area contributed by atoms with Crippen molar-refractivity contribution >= 4 is 33.2 Å². The summed E-state index contributed by atoms with van der Waals surface area (Å²) in [4.78, 5) is 3.33. The van der Waals surface area contributed by atoms with Crippen LogP contribution in [0.4, 0.5) is 11.4 Å². The molecular weight excluding hydrogens is 198 g/mol. The van der Waals surface area contributed by atoms with Gasteiger partial charge in [0.2, 0.25) is 11.0 Å². The standard InChI is InChI=1S/C13H11N3/c14-10-3-1-8-5-9-2-4-11(15)7-13(9)16-12(8)6-10/h1-7H,14-15H2/p+1. The maximum atomic E-state index is 5.75. The second kappa shape index (κ2) is 3.10. The molecule has 0 radical (unpaired) electrons. The van der Waals surface area contributed by atoms with Crippen molar-refractivity contribution in [2.75, 3.05) is 11.5 Å². The van der Waals surface area contributed by atoms with Gasteiger partial charge in [0.1, 0.15) is 0 Å². The Morgan fingerprint density at radius 2 is 1.19 bits per heavy atom. The lowest BCUT2D eigenvalue weighted by Crippen LogP contribution is -2.06. The first-order valence-corrected chi connectivity index (χ1v) is 5.13. The van der Waals surface area contributed by atoms with Gasteiger partial charge in [0.15, 0.2) is 0 Å². The number of fused-ring (bicyclic) bond motifs is 2. The van der Waals surface area contributed by atoms with Gasteiger partial charge >= 0.3 is 0 Å². The largest absolute Gasteiger partial charge is 0.399 e. The summed E-state index contributed by atoms with van der Waals surface area (Å²) in [6.45, 7) is 0. The zero-order chi connectivity index (χ0) is 11.1. The molecule has 0 spiro atoms. The first-order valence-electron chi connectivity index (χ1n) is 5.13. The summed E-state index contributed by atoms with van der Waals surface area (Å²) in [6.07, 6.45) is 0. The third-order valence-electron chi connectivity index (χ3n) is 2.74. The monoisotopic (exact) mass is 210 g/mol. The quantitative estimate of drug-likeness (QED) is 0.440. The van der Waals surface area contributed by atoms with Crippen LogP contribution in [0.2, 0.25) is 0 Å². The van der Waals surface area contributed by atoms with Crippen molar-refractivity contribution in [3.63, 3.8) is 0 Å². The Morgan fingerprint density at radius 3 is 1.69 bits per heavy atom. The van der Waals surface area contributed by atoms with E-state index in [4.69, 9.17) is 11.5 Å². The Hall–Kier alpha value is -2.29. The second-order valence-corrected chi connectivity index (χ2v) is 3.96. The van der Waals surface area contributed by atoms with Gasteiger partial charge in [-0.15, -0.1) is 0 Å². The first kappa shape index (κ1) is 8.97. The van der Waals surface area contributed by atoms with Gasteiger partial charge < -0.3 is 11.5 Å². The minimum absolute atomic E-state index is 0.756. The molecule has 0 aliphatic rings. The fourth-order valence-electron chi connectivity index (χ4n) is 1.93. The number of anilines is 2. The Kier molecular flexibility index (Phi) is 1.74. The Labute approximate surface area is 92.7 Å². The predicted molar refractivity (Wildman–Crippen MR) is 66.8 cm³/mol. The van der Waals surface area contributed by atoms with Gasteiger partial charge in [-0.05, 0) is 30.3 Å². The highest BCUT2D eigenvalue weighted by molar-refractivity contribution is 5.90. The zero-order valence-corrected chi connectivity index (χ0v) is 8.70. The van der Waals surface area contributed by atoms with Crippen molar-refractivity contribution in [3.8, 4) is 0 Å². The van der Waals surface area contributed by atoms with E-state index in [1.807, 2.05) is 36.4 Å². The average Bonchev–Trinajstić information content (AvgIpc) is 2.26. The van der Waals surface area contributed by atoms with Crippen LogP contribution in [-0.4, -0.2) is 0 Å². The van der Waals surface area contributed by atoms with Crippen molar-refractivity contribution in [1.29, 1.82) is 0 Å². The van der Waals surface area contributed by atoms with E-state index in [-0.39, 0.29) is 0 Å². The molecule has 0 atom stereocenters. The van der Waals surface area contributed by atoms with Crippen LogP contribution in [0.15, 0.2) is 42.5 Å². The van der Waals surface area contributed by atoms with Crippen LogP contribution in [0.25, 0.3) is 21.8 Å². The van der Waals surface area contributed by atoms with Gasteiger partial charge in [-0.1, -0.05) is 0 Å². The summed E-state index contributed by atoms with van der Waals surface area (Å²) in [5, 5.41) is 2.29. The summed E-state index contributed by atoms with van der Waals surface area (Å²) in [5.74, 6) is 0. The van der Waals surface area contributed by atoms with Crippen LogP contribution in [0.1, 0.15) is 0 Å². The van der Waals surface area contributed by atoms with Crippen molar-refractivity contribution in [2.24, 2.45) is 0 Å². The number of aromatic amines is 1. The molecule has 0 saturated heterocycles. The Balaban J connectivity index is 2.44. The molecule has 78 valence electrons. The van der Waals surface area contributed by atoms with Crippen LogP contribution in [-0.2, 0) is 0 Å². The topological polar surface area (TPSA) is 66.2 Å². The predicted octanol–water partition coefficient (Wildman–Crippen LogP) is 1.97. The summed E-state index contributed by atoms with van der Waals surface area (Å²) in [7, 11) is 0. The summed E-state index contributed by atoms with van der Waals surface area (Å²) >= 11 is 0. The number of nitrogen functional groups attached to an aromatic ring is 2. The molecule has 2 aromatic carbocycles. The molecule has 0 aliphatic heterocycles. The molecule has 0 bridgehead atoms. The fraction of sp³-hybridized carbons (Fsp3) is 0. The molecular formula is C13H12N3+. The minimum Gasteiger partial charge on any atom is -0.399 e. The van der Waals surface area contributed by atoms with Crippen LogP contribution < -0.4 is 16.5 Å². The maximum absolute atomic E-state index is 5.75. The van der Waals surface area contributed by atoms with Crippen molar-refractivity contribution < 1.29 is 4.98 Å². The number of rotatable bonds is 0. The molecule has 0 aliphatic carbocycles. The van der Waals surface area contributed by atoms with E-state index in [2.05, 4.69) is 11.1 Å². The number of pyridine rings is 1. The normalized spacial score (nSPS) is 11.0. The minimum atomic E-state index is 0.756. The van der Waals surface area contributed by atoms with E-state index in [0.29, 0.717) is 0 Å². The fourth-order valence-corrected chi connectivity index (χ4v) is 1.93. The van der Waals surface area contributed by atoms with Crippen LogP contribution in [0.3, 0.4) is 0 Å². The van der Waals surface area contributed by atoms with Crippen LogP contribution in [0, 0.1) is 0 Å². The third-order valence-corrected chi connectivity index (χ3v) is 2.74. The average molecular weight is 210 g/mol. The smallest absolute Gasteiger partial charge is 0.213 e. The number of hydrogen-bond donors (Lipinski definition) is 2. The molecule has 5 N–H and O–H groups in total. The molecule has 0 amide bonds. The lowest BCUT2D eigenvalue weighted by molar-refractivity contribution is -0.310. The van der Waals surface area contributed by atoms with Gasteiger partial charge in [0, 0.05) is 34.3 Å². The number of aromatic nitrogens is 1. The molecule has 0 saturated carbocycles. The highest BCUT2D eigenvalue weighted by Crippen LogP contribution is 2.19. The Bertz CT molecular complexity index is 632. The Morgan fingerprint density at radius 1 is 0.688 bits per heavy atom. The molecule has 0 unspecified atom stereocenters. The van der Waals surface area contributed by atoms with E-state index in [0.717, 1.165) is 33.2 Å². The SMILES string of the molecule is Nc1ccc2cc3ccc(N)cc3[nH+]c2c1. The molecule has 1 aromatic heterocycles. The summed E-state index contributed by atoms with van der Waals surface area (Å²) in [6, 6.07) is 13.8. The van der Waals surface area contributed by atoms with Crippen molar-refractivity contribution in [2.45, 2.75) is 0 Å². The van der Waals surface area contributed by atoms with Gasteiger partial charge in [-0.25, -0.2) is 4.98 Å². The second-order valence-electron chi connectivity index (χ2n) is 3.96. The number of hydrogen-bond acceptors (Lipinski definition) is 2. The molecule has 16 heavy (non-hydrogen) atoms. The van der Waals surface area contributed by atoms with Gasteiger partial charge in [0.25, 0.3) is 0 Å².